The van der Waals surface area contributed by atoms with Crippen molar-refractivity contribution in [1.29, 1.82) is 0 Å². The predicted molar refractivity (Wildman–Crippen MR) is 121 cm³/mol. The standard InChI is InChI=1S/C25H27NO6/c1-15(2)11-21(24(28)29)26-23(27)14-31-18-9-10-19-16(3)20(25(30)32-22(19)13-18)12-17-7-5-4-6-8-17/h4-10,13,15,21H,11-12,14H2,1-3H3,(H,26,27)(H,28,29)/t21-/m0/s1. The largest absolute Gasteiger partial charge is 0.484 e. The maximum Gasteiger partial charge on any atom is 0.340 e. The van der Waals surface area contributed by atoms with Crippen molar-refractivity contribution >= 4 is 22.8 Å². The van der Waals surface area contributed by atoms with Gasteiger partial charge in [-0.25, -0.2) is 9.59 Å². The number of nitrogens with one attached hydrogen (secondary N) is 1. The van der Waals surface area contributed by atoms with Crippen molar-refractivity contribution in [2.75, 3.05) is 6.61 Å². The van der Waals surface area contributed by atoms with Crippen LogP contribution >= 0.6 is 0 Å². The SMILES string of the molecule is Cc1c(Cc2ccccc2)c(=O)oc2cc(OCC(=O)N[C@@H](CC(C)C)C(=O)O)ccc12. The molecule has 3 rings (SSSR count). The Morgan fingerprint density at radius 3 is 2.50 bits per heavy atom. The average Bonchev–Trinajstić information content (AvgIpc) is 2.75. The molecule has 0 spiro atoms. The normalized spacial score (nSPS) is 12.0. The number of rotatable bonds is 9. The molecular weight excluding hydrogens is 410 g/mol. The maximum absolute atomic E-state index is 12.6. The van der Waals surface area contributed by atoms with Crippen LogP contribution in [0.25, 0.3) is 11.0 Å². The van der Waals surface area contributed by atoms with E-state index >= 15 is 0 Å². The molecule has 1 aromatic heterocycles. The van der Waals surface area contributed by atoms with E-state index in [0.717, 1.165) is 16.5 Å². The van der Waals surface area contributed by atoms with E-state index in [1.165, 1.54) is 0 Å². The van der Waals surface area contributed by atoms with Gasteiger partial charge in [-0.3, -0.25) is 4.79 Å². The van der Waals surface area contributed by atoms with Crippen molar-refractivity contribution in [1.82, 2.24) is 5.32 Å². The molecule has 0 unspecified atom stereocenters. The molecule has 0 aliphatic rings. The molecule has 0 fully saturated rings. The lowest BCUT2D eigenvalue weighted by Gasteiger charge is -2.16. The molecule has 2 aromatic carbocycles. The smallest absolute Gasteiger partial charge is 0.340 e. The van der Waals surface area contributed by atoms with Crippen molar-refractivity contribution in [2.24, 2.45) is 5.92 Å². The first-order valence-electron chi connectivity index (χ1n) is 10.5. The Kier molecular flexibility index (Phi) is 7.30. The van der Waals surface area contributed by atoms with E-state index in [0.29, 0.717) is 29.7 Å². The first-order chi connectivity index (χ1) is 15.2. The van der Waals surface area contributed by atoms with Gasteiger partial charge in [-0.2, -0.15) is 0 Å². The maximum atomic E-state index is 12.6. The van der Waals surface area contributed by atoms with Crippen LogP contribution in [-0.4, -0.2) is 29.6 Å². The van der Waals surface area contributed by atoms with Crippen LogP contribution in [0.15, 0.2) is 57.7 Å². The fourth-order valence-electron chi connectivity index (χ4n) is 3.55. The van der Waals surface area contributed by atoms with Gasteiger partial charge in [0.25, 0.3) is 5.91 Å². The summed E-state index contributed by atoms with van der Waals surface area (Å²) >= 11 is 0. The van der Waals surface area contributed by atoms with E-state index in [1.807, 2.05) is 51.1 Å². The van der Waals surface area contributed by atoms with E-state index in [4.69, 9.17) is 9.15 Å². The third kappa shape index (κ3) is 5.75. The van der Waals surface area contributed by atoms with Gasteiger partial charge in [0.1, 0.15) is 17.4 Å². The minimum absolute atomic E-state index is 0.121. The van der Waals surface area contributed by atoms with Gasteiger partial charge in [0.2, 0.25) is 0 Å². The molecule has 0 saturated carbocycles. The summed E-state index contributed by atoms with van der Waals surface area (Å²) in [5, 5.41) is 12.5. The van der Waals surface area contributed by atoms with Crippen LogP contribution in [0.5, 0.6) is 5.75 Å². The Hall–Kier alpha value is -3.61. The van der Waals surface area contributed by atoms with Crippen molar-refractivity contribution in [3.8, 4) is 5.75 Å². The number of fused-ring (bicyclic) bond motifs is 1. The van der Waals surface area contributed by atoms with Crippen LogP contribution in [0.2, 0.25) is 0 Å². The van der Waals surface area contributed by atoms with Gasteiger partial charge in [-0.1, -0.05) is 44.2 Å². The average molecular weight is 437 g/mol. The van der Waals surface area contributed by atoms with E-state index in [-0.39, 0.29) is 12.5 Å². The predicted octanol–water partition coefficient (Wildman–Crippen LogP) is 3.69. The van der Waals surface area contributed by atoms with Gasteiger partial charge >= 0.3 is 11.6 Å². The number of ether oxygens (including phenoxy) is 1. The summed E-state index contributed by atoms with van der Waals surface area (Å²) in [5.74, 6) is -1.15. The van der Waals surface area contributed by atoms with Crippen molar-refractivity contribution in [2.45, 2.75) is 39.7 Å². The molecule has 1 amide bonds. The van der Waals surface area contributed by atoms with Crippen molar-refractivity contribution < 1.29 is 23.8 Å². The molecule has 0 aliphatic heterocycles. The fraction of sp³-hybridized carbons (Fsp3) is 0.320. The number of hydrogen-bond donors (Lipinski definition) is 2. The summed E-state index contributed by atoms with van der Waals surface area (Å²) < 4.78 is 11.0. The second-order valence-electron chi connectivity index (χ2n) is 8.19. The van der Waals surface area contributed by atoms with Crippen LogP contribution in [0, 0.1) is 12.8 Å². The number of carboxylic acid groups (broad SMARTS) is 1. The lowest BCUT2D eigenvalue weighted by Crippen LogP contribution is -2.43. The number of carbonyl (C=O) groups is 2. The zero-order valence-electron chi connectivity index (χ0n) is 18.4. The van der Waals surface area contributed by atoms with Gasteiger partial charge in [0.05, 0.1) is 0 Å². The third-order valence-corrected chi connectivity index (χ3v) is 5.19. The third-order valence-electron chi connectivity index (χ3n) is 5.19. The molecule has 2 N–H and O–H groups in total. The van der Waals surface area contributed by atoms with Crippen LogP contribution in [0.1, 0.15) is 37.0 Å². The Labute approximate surface area is 186 Å². The topological polar surface area (TPSA) is 106 Å². The zero-order chi connectivity index (χ0) is 23.3. The number of carboxylic acids is 1. The molecule has 0 radical (unpaired) electrons. The first kappa shape index (κ1) is 23.1. The molecule has 0 aliphatic carbocycles. The lowest BCUT2D eigenvalue weighted by molar-refractivity contribution is -0.142. The number of hydrogen-bond acceptors (Lipinski definition) is 5. The summed E-state index contributed by atoms with van der Waals surface area (Å²) in [7, 11) is 0. The van der Waals surface area contributed by atoms with Crippen LogP contribution < -0.4 is 15.7 Å². The minimum Gasteiger partial charge on any atom is -0.484 e. The molecule has 168 valence electrons. The number of benzene rings is 2. The van der Waals surface area contributed by atoms with Crippen molar-refractivity contribution in [3.63, 3.8) is 0 Å². The van der Waals surface area contributed by atoms with Gasteiger partial charge in [0, 0.05) is 23.4 Å². The number of carbonyl (C=O) groups excluding carboxylic acids is 1. The monoisotopic (exact) mass is 437 g/mol. The molecule has 32 heavy (non-hydrogen) atoms. The van der Waals surface area contributed by atoms with Gasteiger partial charge in [-0.15, -0.1) is 0 Å². The Morgan fingerprint density at radius 2 is 1.84 bits per heavy atom. The Morgan fingerprint density at radius 1 is 1.12 bits per heavy atom. The van der Waals surface area contributed by atoms with Gasteiger partial charge in [0.15, 0.2) is 6.61 Å². The summed E-state index contributed by atoms with van der Waals surface area (Å²) in [6.07, 6.45) is 0.803. The zero-order valence-corrected chi connectivity index (χ0v) is 18.4. The molecule has 0 bridgehead atoms. The van der Waals surface area contributed by atoms with E-state index < -0.39 is 23.5 Å². The second kappa shape index (κ2) is 10.1. The summed E-state index contributed by atoms with van der Waals surface area (Å²) in [6.45, 7) is 5.30. The quantitative estimate of drug-likeness (QED) is 0.495. The van der Waals surface area contributed by atoms with Gasteiger partial charge < -0.3 is 19.6 Å². The summed E-state index contributed by atoms with van der Waals surface area (Å²) in [4.78, 5) is 36.0. The number of amides is 1. The number of aryl methyl sites for hydroxylation is 1. The molecule has 7 nitrogen and oxygen atoms in total. The molecule has 0 saturated heterocycles. The Bertz CT molecular complexity index is 1170. The first-order valence-corrected chi connectivity index (χ1v) is 10.5. The minimum atomic E-state index is -1.08. The van der Waals surface area contributed by atoms with Crippen LogP contribution in [0.3, 0.4) is 0 Å². The Balaban J connectivity index is 1.73. The molecular formula is C25H27NO6. The summed E-state index contributed by atoms with van der Waals surface area (Å²) in [6, 6.07) is 13.8. The highest BCUT2D eigenvalue weighted by Gasteiger charge is 2.21. The van der Waals surface area contributed by atoms with Crippen LogP contribution in [0.4, 0.5) is 0 Å². The molecule has 3 aromatic rings. The molecule has 7 heteroatoms. The van der Waals surface area contributed by atoms with E-state index in [1.54, 1.807) is 18.2 Å². The molecule has 1 atom stereocenters. The van der Waals surface area contributed by atoms with Crippen molar-refractivity contribution in [3.05, 3.63) is 75.6 Å². The van der Waals surface area contributed by atoms with E-state index in [2.05, 4.69) is 5.32 Å². The fourth-order valence-corrected chi connectivity index (χ4v) is 3.55. The van der Waals surface area contributed by atoms with Crippen LogP contribution in [-0.2, 0) is 16.0 Å². The lowest BCUT2D eigenvalue weighted by atomic mass is 10.00. The number of aliphatic carboxylic acids is 1. The highest BCUT2D eigenvalue weighted by Crippen LogP contribution is 2.25. The highest BCUT2D eigenvalue weighted by molar-refractivity contribution is 5.85. The highest BCUT2D eigenvalue weighted by atomic mass is 16.5. The molecule has 1 heterocycles. The second-order valence-corrected chi connectivity index (χ2v) is 8.19. The summed E-state index contributed by atoms with van der Waals surface area (Å²) in [5.41, 5.74) is 2.41. The van der Waals surface area contributed by atoms with Gasteiger partial charge in [-0.05, 0) is 42.5 Å². The van der Waals surface area contributed by atoms with E-state index in [9.17, 15) is 19.5 Å².